The van der Waals surface area contributed by atoms with Crippen LogP contribution in [-0.4, -0.2) is 55.1 Å². The highest BCUT2D eigenvalue weighted by Crippen LogP contribution is 2.28. The molecule has 3 rings (SSSR count). The summed E-state index contributed by atoms with van der Waals surface area (Å²) >= 11 is 1.99. The molecule has 7 heteroatoms. The van der Waals surface area contributed by atoms with Crippen molar-refractivity contribution >= 4 is 41.7 Å². The Morgan fingerprint density at radius 3 is 2.69 bits per heavy atom. The van der Waals surface area contributed by atoms with Gasteiger partial charge in [0.1, 0.15) is 11.5 Å². The van der Waals surface area contributed by atoms with Crippen molar-refractivity contribution in [2.75, 3.05) is 32.9 Å². The van der Waals surface area contributed by atoms with Crippen molar-refractivity contribution in [1.29, 1.82) is 0 Å². The molecule has 2 N–H and O–H groups in total. The maximum absolute atomic E-state index is 5.94. The normalized spacial score (nSPS) is 25.1. The van der Waals surface area contributed by atoms with E-state index in [1.54, 1.807) is 0 Å². The summed E-state index contributed by atoms with van der Waals surface area (Å²) in [4.78, 5) is 6.96. The Kier molecular flexibility index (Phi) is 9.09. The van der Waals surface area contributed by atoms with E-state index in [9.17, 15) is 0 Å². The van der Waals surface area contributed by atoms with Crippen LogP contribution in [0.1, 0.15) is 49.7 Å². The summed E-state index contributed by atoms with van der Waals surface area (Å²) < 4.78 is 5.94. The van der Waals surface area contributed by atoms with Crippen molar-refractivity contribution in [3.63, 3.8) is 0 Å². The van der Waals surface area contributed by atoms with Gasteiger partial charge < -0.3 is 15.1 Å². The standard InChI is InChI=1S/C19H32N4OS.HI/c1-14-6-9-18(24-14)17(23-10-4-5-11-23)13-21-19(20-2)22-15-7-8-16(12-15)25-3;/h6,9,15-17H,4-5,7-8,10-13H2,1-3H3,(H2,20,21,22);1H. The van der Waals surface area contributed by atoms with Crippen LogP contribution < -0.4 is 10.6 Å². The lowest BCUT2D eigenvalue weighted by molar-refractivity contribution is 0.213. The number of furan rings is 1. The molecule has 1 aliphatic heterocycles. The third-order valence-corrected chi connectivity index (χ3v) is 6.51. The molecular formula is C19H33IN4OS. The van der Waals surface area contributed by atoms with Gasteiger partial charge in [-0.25, -0.2) is 0 Å². The maximum Gasteiger partial charge on any atom is 0.191 e. The molecule has 3 unspecified atom stereocenters. The first kappa shape index (κ1) is 21.9. The van der Waals surface area contributed by atoms with Crippen molar-refractivity contribution in [1.82, 2.24) is 15.5 Å². The molecule has 2 heterocycles. The molecule has 1 aliphatic carbocycles. The first-order valence-corrected chi connectivity index (χ1v) is 10.8. The SMILES string of the molecule is CN=C(NCC(c1ccc(C)o1)N1CCCC1)NC1CCC(SC)C1.I. The van der Waals surface area contributed by atoms with Crippen molar-refractivity contribution in [3.8, 4) is 0 Å². The quantitative estimate of drug-likeness (QED) is 0.360. The summed E-state index contributed by atoms with van der Waals surface area (Å²) in [5, 5.41) is 7.94. The molecule has 1 aromatic heterocycles. The van der Waals surface area contributed by atoms with E-state index < -0.39 is 0 Å². The number of hydrogen-bond acceptors (Lipinski definition) is 4. The van der Waals surface area contributed by atoms with Gasteiger partial charge in [0.25, 0.3) is 0 Å². The van der Waals surface area contributed by atoms with Crippen LogP contribution in [0.4, 0.5) is 0 Å². The van der Waals surface area contributed by atoms with Crippen molar-refractivity contribution in [3.05, 3.63) is 23.7 Å². The van der Waals surface area contributed by atoms with Gasteiger partial charge >= 0.3 is 0 Å². The van der Waals surface area contributed by atoms with E-state index in [-0.39, 0.29) is 30.0 Å². The molecule has 26 heavy (non-hydrogen) atoms. The molecule has 0 aromatic carbocycles. The van der Waals surface area contributed by atoms with Gasteiger partial charge in [0.05, 0.1) is 6.04 Å². The number of nitrogens with one attached hydrogen (secondary N) is 2. The highest BCUT2D eigenvalue weighted by atomic mass is 127. The molecule has 1 saturated carbocycles. The minimum Gasteiger partial charge on any atom is -0.465 e. The van der Waals surface area contributed by atoms with Gasteiger partial charge in [0.15, 0.2) is 5.96 Å². The molecular weight excluding hydrogens is 459 g/mol. The number of guanidine groups is 1. The Hall–Kier alpha value is -0.410. The van der Waals surface area contributed by atoms with Crippen molar-refractivity contribution in [2.24, 2.45) is 4.99 Å². The average Bonchev–Trinajstić information content (AvgIpc) is 3.36. The Morgan fingerprint density at radius 2 is 2.12 bits per heavy atom. The fourth-order valence-electron chi connectivity index (χ4n) is 3.96. The number of likely N-dealkylation sites (tertiary alicyclic amines) is 1. The van der Waals surface area contributed by atoms with Crippen molar-refractivity contribution in [2.45, 2.75) is 56.4 Å². The van der Waals surface area contributed by atoms with Gasteiger partial charge in [0, 0.05) is 24.9 Å². The summed E-state index contributed by atoms with van der Waals surface area (Å²) in [6.07, 6.45) is 8.54. The number of hydrogen-bond donors (Lipinski definition) is 2. The van der Waals surface area contributed by atoms with Gasteiger partial charge in [-0.3, -0.25) is 9.89 Å². The third-order valence-electron chi connectivity index (χ3n) is 5.42. The van der Waals surface area contributed by atoms with Crippen molar-refractivity contribution < 1.29 is 4.42 Å². The van der Waals surface area contributed by atoms with Gasteiger partial charge in [-0.15, -0.1) is 24.0 Å². The average molecular weight is 492 g/mol. The molecule has 0 spiro atoms. The predicted octanol–water partition coefficient (Wildman–Crippen LogP) is 3.79. The predicted molar refractivity (Wildman–Crippen MR) is 122 cm³/mol. The van der Waals surface area contributed by atoms with Gasteiger partial charge in [-0.05, 0) is 70.5 Å². The molecule has 0 amide bonds. The lowest BCUT2D eigenvalue weighted by Crippen LogP contribution is -2.45. The minimum absolute atomic E-state index is 0. The number of nitrogens with zero attached hydrogens (tertiary/aromatic N) is 2. The van der Waals surface area contributed by atoms with E-state index in [2.05, 4.69) is 38.9 Å². The first-order chi connectivity index (χ1) is 12.2. The van der Waals surface area contributed by atoms with Gasteiger partial charge in [-0.2, -0.15) is 11.8 Å². The van der Waals surface area contributed by atoms with E-state index in [0.29, 0.717) is 6.04 Å². The maximum atomic E-state index is 5.94. The molecule has 148 valence electrons. The third kappa shape index (κ3) is 5.79. The van der Waals surface area contributed by atoms with E-state index >= 15 is 0 Å². The van der Waals surface area contributed by atoms with Crippen LogP contribution in [0.25, 0.3) is 0 Å². The van der Waals surface area contributed by atoms with Crippen LogP contribution in [0.5, 0.6) is 0 Å². The second kappa shape index (κ2) is 10.8. The molecule has 5 nitrogen and oxygen atoms in total. The molecule has 3 atom stereocenters. The van der Waals surface area contributed by atoms with E-state index in [4.69, 9.17) is 4.42 Å². The molecule has 1 aromatic rings. The number of aryl methyl sites for hydroxylation is 1. The zero-order valence-electron chi connectivity index (χ0n) is 16.2. The second-order valence-corrected chi connectivity index (χ2v) is 8.31. The number of aliphatic imine (C=N–C) groups is 1. The highest BCUT2D eigenvalue weighted by molar-refractivity contribution is 14.0. The fourth-order valence-corrected chi connectivity index (χ4v) is 4.76. The largest absolute Gasteiger partial charge is 0.465 e. The zero-order chi connectivity index (χ0) is 17.6. The molecule has 2 aliphatic rings. The van der Waals surface area contributed by atoms with Gasteiger partial charge in [-0.1, -0.05) is 0 Å². The number of rotatable bonds is 6. The number of halogens is 1. The Bertz CT molecular complexity index is 574. The molecule has 2 fully saturated rings. The molecule has 1 saturated heterocycles. The Labute approximate surface area is 179 Å². The monoisotopic (exact) mass is 492 g/mol. The summed E-state index contributed by atoms with van der Waals surface area (Å²) in [5.41, 5.74) is 0. The van der Waals surface area contributed by atoms with Crippen LogP contribution >= 0.6 is 35.7 Å². The summed E-state index contributed by atoms with van der Waals surface area (Å²) in [5.74, 6) is 2.96. The Morgan fingerprint density at radius 1 is 1.35 bits per heavy atom. The van der Waals surface area contributed by atoms with E-state index in [0.717, 1.165) is 42.4 Å². The van der Waals surface area contributed by atoms with Crippen LogP contribution in [0.15, 0.2) is 21.5 Å². The molecule has 0 bridgehead atoms. The Balaban J connectivity index is 0.00000243. The van der Waals surface area contributed by atoms with Crippen LogP contribution in [0.3, 0.4) is 0 Å². The number of thioether (sulfide) groups is 1. The lowest BCUT2D eigenvalue weighted by Gasteiger charge is -2.27. The van der Waals surface area contributed by atoms with Gasteiger partial charge in [0.2, 0.25) is 0 Å². The molecule has 0 radical (unpaired) electrons. The second-order valence-electron chi connectivity index (χ2n) is 7.17. The fraction of sp³-hybridized carbons (Fsp3) is 0.737. The van der Waals surface area contributed by atoms with E-state index in [1.165, 1.54) is 32.1 Å². The van der Waals surface area contributed by atoms with E-state index in [1.807, 2.05) is 25.7 Å². The summed E-state index contributed by atoms with van der Waals surface area (Å²) in [6, 6.07) is 5.00. The first-order valence-electron chi connectivity index (χ1n) is 9.50. The smallest absolute Gasteiger partial charge is 0.191 e. The highest BCUT2D eigenvalue weighted by Gasteiger charge is 2.27. The summed E-state index contributed by atoms with van der Waals surface area (Å²) in [6.45, 7) is 5.14. The zero-order valence-corrected chi connectivity index (χ0v) is 19.3. The lowest BCUT2D eigenvalue weighted by atomic mass is 10.2. The minimum atomic E-state index is 0. The van der Waals surface area contributed by atoms with Crippen LogP contribution in [0, 0.1) is 6.92 Å². The topological polar surface area (TPSA) is 52.8 Å². The van der Waals surface area contributed by atoms with Crippen LogP contribution in [0.2, 0.25) is 0 Å². The van der Waals surface area contributed by atoms with Crippen LogP contribution in [-0.2, 0) is 0 Å². The summed E-state index contributed by atoms with van der Waals surface area (Å²) in [7, 11) is 1.86.